The third-order valence-electron chi connectivity index (χ3n) is 1.96. The molecule has 78 valence electrons. The van der Waals surface area contributed by atoms with Crippen LogP contribution in [0.3, 0.4) is 0 Å². The fraction of sp³-hybridized carbons (Fsp3) is 1.00. The van der Waals surface area contributed by atoms with Crippen LogP contribution in [-0.4, -0.2) is 62.5 Å². The van der Waals surface area contributed by atoms with Crippen LogP contribution in [0.15, 0.2) is 0 Å². The minimum Gasteiger partial charge on any atom is -0.387 e. The molecule has 1 saturated heterocycles. The van der Waals surface area contributed by atoms with Gasteiger partial charge in [-0.05, 0) is 0 Å². The van der Waals surface area contributed by atoms with Gasteiger partial charge in [0.25, 0.3) is 0 Å². The van der Waals surface area contributed by atoms with Gasteiger partial charge in [0.05, 0.1) is 0 Å². The van der Waals surface area contributed by atoms with E-state index in [1.54, 1.807) is 0 Å². The highest BCUT2D eigenvalue weighted by molar-refractivity contribution is 4.90. The summed E-state index contributed by atoms with van der Waals surface area (Å²) < 4.78 is 4.56. The molecule has 7 N–H and O–H groups in total. The zero-order valence-electron chi connectivity index (χ0n) is 6.69. The van der Waals surface area contributed by atoms with Gasteiger partial charge in [-0.3, -0.25) is 0 Å². The van der Waals surface area contributed by atoms with Gasteiger partial charge >= 0.3 is 0 Å². The molecule has 0 amide bonds. The van der Waals surface area contributed by atoms with E-state index in [1.807, 2.05) is 0 Å². The molecule has 1 aliphatic rings. The number of ether oxygens (including phenoxy) is 1. The molecule has 0 aromatic rings. The highest BCUT2D eigenvalue weighted by atomic mass is 16.6. The molecule has 6 atom stereocenters. The average Bonchev–Trinajstić information content (AvgIpc) is 2.07. The largest absolute Gasteiger partial charge is 0.387 e. The van der Waals surface area contributed by atoms with Crippen LogP contribution < -0.4 is 5.73 Å². The van der Waals surface area contributed by atoms with E-state index in [0.717, 1.165) is 0 Å². The van der Waals surface area contributed by atoms with E-state index in [9.17, 15) is 5.11 Å². The molecule has 0 aliphatic carbocycles. The second-order valence-corrected chi connectivity index (χ2v) is 2.95. The Morgan fingerprint density at radius 3 is 2.00 bits per heavy atom. The van der Waals surface area contributed by atoms with Crippen molar-refractivity contribution in [1.82, 2.24) is 0 Å². The highest BCUT2D eigenvalue weighted by Gasteiger charge is 2.44. The van der Waals surface area contributed by atoms with E-state index in [4.69, 9.17) is 26.2 Å². The first kappa shape index (κ1) is 10.8. The summed E-state index contributed by atoms with van der Waals surface area (Å²) in [6.45, 7) is 0. The van der Waals surface area contributed by atoms with E-state index in [-0.39, 0.29) is 0 Å². The first-order valence-corrected chi connectivity index (χ1v) is 3.76. The monoisotopic (exact) mass is 195 g/mol. The number of nitrogens with two attached hydrogens (primary N) is 1. The summed E-state index contributed by atoms with van der Waals surface area (Å²) in [4.78, 5) is 0. The predicted octanol–water partition coefficient (Wildman–Crippen LogP) is -3.94. The summed E-state index contributed by atoms with van der Waals surface area (Å²) in [7, 11) is 0. The lowest BCUT2D eigenvalue weighted by Crippen LogP contribution is -2.62. The van der Waals surface area contributed by atoms with E-state index in [0.29, 0.717) is 0 Å². The van der Waals surface area contributed by atoms with Crippen molar-refractivity contribution in [3.05, 3.63) is 0 Å². The van der Waals surface area contributed by atoms with Gasteiger partial charge in [-0.15, -0.1) is 0 Å². The second-order valence-electron chi connectivity index (χ2n) is 2.95. The Morgan fingerprint density at radius 1 is 1.00 bits per heavy atom. The van der Waals surface area contributed by atoms with Crippen LogP contribution in [0, 0.1) is 0 Å². The Labute approximate surface area is 74.0 Å². The van der Waals surface area contributed by atoms with Crippen molar-refractivity contribution in [2.75, 3.05) is 0 Å². The first-order chi connectivity index (χ1) is 5.95. The third kappa shape index (κ3) is 1.97. The minimum atomic E-state index is -1.67. The van der Waals surface area contributed by atoms with Crippen LogP contribution in [0.1, 0.15) is 0 Å². The smallest absolute Gasteiger partial charge is 0.184 e. The van der Waals surface area contributed by atoms with E-state index in [2.05, 4.69) is 4.74 Å². The van der Waals surface area contributed by atoms with E-state index in [1.165, 1.54) is 0 Å². The summed E-state index contributed by atoms with van der Waals surface area (Å²) in [6, 6.07) is 0. The lowest BCUT2D eigenvalue weighted by molar-refractivity contribution is -0.296. The van der Waals surface area contributed by atoms with Crippen molar-refractivity contribution in [3.8, 4) is 0 Å². The molecule has 13 heavy (non-hydrogen) atoms. The van der Waals surface area contributed by atoms with Crippen LogP contribution in [0.25, 0.3) is 0 Å². The molecule has 7 nitrogen and oxygen atoms in total. The molecule has 1 rings (SSSR count). The summed E-state index contributed by atoms with van der Waals surface area (Å²) in [6.07, 6.45) is -9.24. The van der Waals surface area contributed by atoms with Gasteiger partial charge in [-0.2, -0.15) is 0 Å². The molecule has 0 radical (unpaired) electrons. The molecule has 7 heteroatoms. The molecule has 1 fully saturated rings. The molecule has 0 aromatic heterocycles. The molecule has 1 aliphatic heterocycles. The van der Waals surface area contributed by atoms with Crippen molar-refractivity contribution in [3.63, 3.8) is 0 Å². The molecular formula is C6H13NO6. The van der Waals surface area contributed by atoms with Crippen LogP contribution in [0.2, 0.25) is 0 Å². The Kier molecular flexibility index (Phi) is 3.19. The number of hydrogen-bond acceptors (Lipinski definition) is 7. The first-order valence-electron chi connectivity index (χ1n) is 3.76. The van der Waals surface area contributed by atoms with Crippen molar-refractivity contribution in [1.29, 1.82) is 0 Å². The predicted molar refractivity (Wildman–Crippen MR) is 39.1 cm³/mol. The summed E-state index contributed by atoms with van der Waals surface area (Å²) in [5.41, 5.74) is 4.99. The van der Waals surface area contributed by atoms with E-state index >= 15 is 0 Å². The standard InChI is InChI=1S/C6H13NO6/c7-5(11)4-2(9)1(8)3(10)6(12)13-4/h1-6,8-12H,7H2/t1-,2-,3+,4-,5?,6-/m0/s1. The number of hydrogen-bond donors (Lipinski definition) is 6. The SMILES string of the molecule is NC(O)[C@H]1O[C@H](O)[C@H](O)[C@@H](O)[C@@H]1O. The van der Waals surface area contributed by atoms with Gasteiger partial charge in [0.15, 0.2) is 6.29 Å². The Bertz CT molecular complexity index is 177. The Balaban J connectivity index is 2.70. The van der Waals surface area contributed by atoms with Gasteiger partial charge < -0.3 is 36.0 Å². The number of aliphatic hydroxyl groups excluding tert-OH is 5. The van der Waals surface area contributed by atoms with Gasteiger partial charge in [0, 0.05) is 0 Å². The topological polar surface area (TPSA) is 136 Å². The van der Waals surface area contributed by atoms with Gasteiger partial charge in [0.1, 0.15) is 30.6 Å². The van der Waals surface area contributed by atoms with Crippen LogP contribution in [0.4, 0.5) is 0 Å². The molecule has 0 aromatic carbocycles. The van der Waals surface area contributed by atoms with Crippen molar-refractivity contribution >= 4 is 0 Å². The molecule has 0 saturated carbocycles. The Morgan fingerprint density at radius 2 is 1.54 bits per heavy atom. The molecule has 1 unspecified atom stereocenters. The normalized spacial score (nSPS) is 48.9. The molecule has 0 spiro atoms. The highest BCUT2D eigenvalue weighted by Crippen LogP contribution is 2.20. The second kappa shape index (κ2) is 3.84. The quantitative estimate of drug-likeness (QED) is 0.235. The molecule has 1 heterocycles. The minimum absolute atomic E-state index is 1.31. The fourth-order valence-corrected chi connectivity index (χ4v) is 1.17. The van der Waals surface area contributed by atoms with Crippen LogP contribution in [-0.2, 0) is 4.74 Å². The average molecular weight is 195 g/mol. The van der Waals surface area contributed by atoms with Crippen LogP contribution >= 0.6 is 0 Å². The summed E-state index contributed by atoms with van der Waals surface area (Å²) >= 11 is 0. The maximum Gasteiger partial charge on any atom is 0.184 e. The lowest BCUT2D eigenvalue weighted by atomic mass is 9.98. The maximum atomic E-state index is 9.21. The zero-order valence-corrected chi connectivity index (χ0v) is 6.69. The maximum absolute atomic E-state index is 9.21. The third-order valence-corrected chi connectivity index (χ3v) is 1.96. The van der Waals surface area contributed by atoms with Gasteiger partial charge in [-0.25, -0.2) is 0 Å². The van der Waals surface area contributed by atoms with Crippen molar-refractivity contribution in [2.45, 2.75) is 36.9 Å². The summed E-state index contributed by atoms with van der Waals surface area (Å²) in [5.74, 6) is 0. The zero-order chi connectivity index (χ0) is 10.2. The Hall–Kier alpha value is -0.280. The summed E-state index contributed by atoms with van der Waals surface area (Å²) in [5, 5.41) is 45.2. The molecular weight excluding hydrogens is 182 g/mol. The van der Waals surface area contributed by atoms with Gasteiger partial charge in [0.2, 0.25) is 0 Å². The number of rotatable bonds is 1. The van der Waals surface area contributed by atoms with E-state index < -0.39 is 36.9 Å². The van der Waals surface area contributed by atoms with Crippen LogP contribution in [0.5, 0.6) is 0 Å². The lowest BCUT2D eigenvalue weighted by Gasteiger charge is -2.39. The van der Waals surface area contributed by atoms with Crippen molar-refractivity contribution in [2.24, 2.45) is 5.73 Å². The molecule has 0 bridgehead atoms. The van der Waals surface area contributed by atoms with Gasteiger partial charge in [-0.1, -0.05) is 0 Å². The fourth-order valence-electron chi connectivity index (χ4n) is 1.17. The van der Waals surface area contributed by atoms with Crippen molar-refractivity contribution < 1.29 is 30.3 Å². The number of aliphatic hydroxyl groups is 5.